The van der Waals surface area contributed by atoms with E-state index < -0.39 is 0 Å². The molecule has 0 saturated carbocycles. The number of amides is 1. The van der Waals surface area contributed by atoms with Crippen LogP contribution in [-0.2, 0) is 11.2 Å². The van der Waals surface area contributed by atoms with Crippen LogP contribution in [0.5, 0.6) is 0 Å². The van der Waals surface area contributed by atoms with Crippen molar-refractivity contribution in [1.82, 2.24) is 19.9 Å². The molecule has 2 aromatic heterocycles. The number of thiazole rings is 1. The molecule has 21 heavy (non-hydrogen) atoms. The summed E-state index contributed by atoms with van der Waals surface area (Å²) in [5, 5.41) is 1.96. The van der Waals surface area contributed by atoms with Crippen molar-refractivity contribution in [3.8, 4) is 0 Å². The number of carbonyl (C=O) groups is 1. The van der Waals surface area contributed by atoms with Gasteiger partial charge in [0.25, 0.3) is 0 Å². The van der Waals surface area contributed by atoms with Crippen molar-refractivity contribution in [3.05, 3.63) is 35.4 Å². The Morgan fingerprint density at radius 1 is 1.52 bits per heavy atom. The predicted molar refractivity (Wildman–Crippen MR) is 85.4 cm³/mol. The number of thioether (sulfide) groups is 1. The Balaban J connectivity index is 1.98. The van der Waals surface area contributed by atoms with Gasteiger partial charge in [0.05, 0.1) is 23.9 Å². The fraction of sp³-hybridized carbons (Fsp3) is 0.429. The van der Waals surface area contributed by atoms with Gasteiger partial charge < -0.3 is 4.90 Å². The zero-order valence-corrected chi connectivity index (χ0v) is 13.9. The SMILES string of the molecule is CCSc1nc(CC(=O)N(C)[C@@H](C)c2ccncn2)cs1. The highest BCUT2D eigenvalue weighted by molar-refractivity contribution is 8.00. The van der Waals surface area contributed by atoms with Crippen molar-refractivity contribution >= 4 is 29.0 Å². The molecule has 2 heterocycles. The maximum Gasteiger partial charge on any atom is 0.228 e. The quantitative estimate of drug-likeness (QED) is 0.765. The molecular weight excluding hydrogens is 304 g/mol. The summed E-state index contributed by atoms with van der Waals surface area (Å²) in [5.41, 5.74) is 1.67. The van der Waals surface area contributed by atoms with Crippen molar-refractivity contribution in [2.24, 2.45) is 0 Å². The first-order chi connectivity index (χ1) is 10.1. The molecule has 0 aromatic carbocycles. The fourth-order valence-electron chi connectivity index (χ4n) is 1.80. The summed E-state index contributed by atoms with van der Waals surface area (Å²) in [6.45, 7) is 4.05. The number of carbonyl (C=O) groups excluding carboxylic acids is 1. The van der Waals surface area contributed by atoms with Crippen LogP contribution in [0.15, 0.2) is 28.3 Å². The molecule has 0 aliphatic heterocycles. The second-order valence-corrected chi connectivity index (χ2v) is 6.90. The third-order valence-corrected chi connectivity index (χ3v) is 5.09. The number of hydrogen-bond acceptors (Lipinski definition) is 6. The van der Waals surface area contributed by atoms with Gasteiger partial charge in [-0.05, 0) is 18.7 Å². The summed E-state index contributed by atoms with van der Waals surface area (Å²) >= 11 is 3.29. The second kappa shape index (κ2) is 7.51. The average molecular weight is 322 g/mol. The number of hydrogen-bond donors (Lipinski definition) is 0. The lowest BCUT2D eigenvalue weighted by Gasteiger charge is -2.24. The van der Waals surface area contributed by atoms with E-state index in [2.05, 4.69) is 21.9 Å². The Kier molecular flexibility index (Phi) is 5.69. The van der Waals surface area contributed by atoms with Gasteiger partial charge in [-0.15, -0.1) is 11.3 Å². The largest absolute Gasteiger partial charge is 0.337 e. The molecule has 1 atom stereocenters. The molecule has 5 nitrogen and oxygen atoms in total. The molecule has 2 aromatic rings. The third-order valence-electron chi connectivity index (χ3n) is 3.14. The normalized spacial score (nSPS) is 12.1. The van der Waals surface area contributed by atoms with Gasteiger partial charge in [-0.2, -0.15) is 0 Å². The first-order valence-electron chi connectivity index (χ1n) is 6.70. The number of likely N-dealkylation sites (N-methyl/N-ethyl adjacent to an activating group) is 1. The third kappa shape index (κ3) is 4.25. The van der Waals surface area contributed by atoms with Crippen molar-refractivity contribution in [2.75, 3.05) is 12.8 Å². The van der Waals surface area contributed by atoms with Gasteiger partial charge in [0.2, 0.25) is 5.91 Å². The molecule has 0 bridgehead atoms. The Bertz CT molecular complexity index is 588. The predicted octanol–water partition coefficient (Wildman–Crippen LogP) is 2.81. The van der Waals surface area contributed by atoms with Crippen molar-refractivity contribution in [1.29, 1.82) is 0 Å². The van der Waals surface area contributed by atoms with Crippen LogP contribution in [0.4, 0.5) is 0 Å². The Morgan fingerprint density at radius 2 is 2.33 bits per heavy atom. The van der Waals surface area contributed by atoms with E-state index in [0.29, 0.717) is 6.42 Å². The van der Waals surface area contributed by atoms with Crippen LogP contribution >= 0.6 is 23.1 Å². The Hall–Kier alpha value is -1.47. The van der Waals surface area contributed by atoms with Gasteiger partial charge in [-0.3, -0.25) is 4.79 Å². The van der Waals surface area contributed by atoms with Gasteiger partial charge in [0.15, 0.2) is 0 Å². The van der Waals surface area contributed by atoms with Crippen molar-refractivity contribution in [2.45, 2.75) is 30.6 Å². The van der Waals surface area contributed by atoms with Crippen LogP contribution in [0, 0.1) is 0 Å². The summed E-state index contributed by atoms with van der Waals surface area (Å²) in [6.07, 6.45) is 3.51. The number of aromatic nitrogens is 3. The zero-order chi connectivity index (χ0) is 15.2. The van der Waals surface area contributed by atoms with Crippen molar-refractivity contribution < 1.29 is 4.79 Å². The van der Waals surface area contributed by atoms with Gasteiger partial charge in [-0.25, -0.2) is 15.0 Å². The van der Waals surface area contributed by atoms with E-state index in [9.17, 15) is 4.79 Å². The van der Waals surface area contributed by atoms with E-state index in [0.717, 1.165) is 21.5 Å². The van der Waals surface area contributed by atoms with Crippen LogP contribution in [0.1, 0.15) is 31.3 Å². The van der Waals surface area contributed by atoms with Crippen LogP contribution in [0.25, 0.3) is 0 Å². The van der Waals surface area contributed by atoms with E-state index in [-0.39, 0.29) is 11.9 Å². The lowest BCUT2D eigenvalue weighted by Crippen LogP contribution is -2.31. The summed E-state index contributed by atoms with van der Waals surface area (Å²) in [4.78, 5) is 26.6. The summed E-state index contributed by atoms with van der Waals surface area (Å²) in [6, 6.07) is 1.75. The maximum atomic E-state index is 12.3. The molecule has 7 heteroatoms. The zero-order valence-electron chi connectivity index (χ0n) is 12.3. The molecule has 0 N–H and O–H groups in total. The molecule has 0 radical (unpaired) electrons. The van der Waals surface area contributed by atoms with Gasteiger partial charge in [0, 0.05) is 18.6 Å². The monoisotopic (exact) mass is 322 g/mol. The second-order valence-electron chi connectivity index (χ2n) is 4.53. The topological polar surface area (TPSA) is 59.0 Å². The minimum Gasteiger partial charge on any atom is -0.337 e. The smallest absolute Gasteiger partial charge is 0.228 e. The van der Waals surface area contributed by atoms with Crippen LogP contribution in [0.2, 0.25) is 0 Å². The standard InChI is InChI=1S/C14H18N4OS2/c1-4-20-14-17-11(8-21-14)7-13(19)18(3)10(2)12-5-6-15-9-16-12/h5-6,8-10H,4,7H2,1-3H3/t10-/m0/s1. The first-order valence-corrected chi connectivity index (χ1v) is 8.57. The molecule has 1 amide bonds. The molecular formula is C14H18N4OS2. The van der Waals surface area contributed by atoms with Crippen molar-refractivity contribution in [3.63, 3.8) is 0 Å². The van der Waals surface area contributed by atoms with E-state index in [1.54, 1.807) is 41.2 Å². The average Bonchev–Trinajstić information content (AvgIpc) is 2.94. The molecule has 0 unspecified atom stereocenters. The minimum absolute atomic E-state index is 0.0412. The summed E-state index contributed by atoms with van der Waals surface area (Å²) in [5.74, 6) is 1.03. The number of nitrogens with zero attached hydrogens (tertiary/aromatic N) is 4. The molecule has 0 saturated heterocycles. The van der Waals surface area contributed by atoms with E-state index in [4.69, 9.17) is 0 Å². The van der Waals surface area contributed by atoms with Crippen LogP contribution in [-0.4, -0.2) is 38.6 Å². The molecule has 2 rings (SSSR count). The summed E-state index contributed by atoms with van der Waals surface area (Å²) in [7, 11) is 1.79. The Morgan fingerprint density at radius 3 is 3.00 bits per heavy atom. The highest BCUT2D eigenvalue weighted by atomic mass is 32.2. The molecule has 0 aliphatic rings. The minimum atomic E-state index is -0.0800. The van der Waals surface area contributed by atoms with Crippen LogP contribution in [0.3, 0.4) is 0 Å². The number of rotatable bonds is 6. The fourth-order valence-corrected chi connectivity index (χ4v) is 3.54. The van der Waals surface area contributed by atoms with Gasteiger partial charge in [-0.1, -0.05) is 18.7 Å². The van der Waals surface area contributed by atoms with Crippen LogP contribution < -0.4 is 0 Å². The van der Waals surface area contributed by atoms with Gasteiger partial charge in [0.1, 0.15) is 10.7 Å². The summed E-state index contributed by atoms with van der Waals surface area (Å²) < 4.78 is 1.02. The molecule has 0 fully saturated rings. The highest BCUT2D eigenvalue weighted by Crippen LogP contribution is 2.23. The van der Waals surface area contributed by atoms with Gasteiger partial charge >= 0.3 is 0 Å². The van der Waals surface area contributed by atoms with E-state index in [1.165, 1.54) is 6.33 Å². The lowest BCUT2D eigenvalue weighted by atomic mass is 10.2. The molecule has 0 spiro atoms. The molecule has 0 aliphatic carbocycles. The van der Waals surface area contributed by atoms with E-state index in [1.807, 2.05) is 18.4 Å². The first kappa shape index (κ1) is 15.9. The Labute approximate surface area is 132 Å². The highest BCUT2D eigenvalue weighted by Gasteiger charge is 2.19. The van der Waals surface area contributed by atoms with E-state index >= 15 is 0 Å². The maximum absolute atomic E-state index is 12.3. The lowest BCUT2D eigenvalue weighted by molar-refractivity contribution is -0.131. The molecule has 112 valence electrons.